The van der Waals surface area contributed by atoms with Crippen LogP contribution in [0.25, 0.3) is 11.3 Å². The molecule has 0 saturated carbocycles. The molecule has 3 aromatic rings. The molecule has 120 valence electrons. The second kappa shape index (κ2) is 6.23. The molecule has 0 radical (unpaired) electrons. The number of rotatable bonds is 3. The summed E-state index contributed by atoms with van der Waals surface area (Å²) in [5.41, 5.74) is 1.49. The third-order valence-corrected chi connectivity index (χ3v) is 4.08. The van der Waals surface area contributed by atoms with Gasteiger partial charge in [0.2, 0.25) is 6.79 Å². The van der Waals surface area contributed by atoms with E-state index in [1.54, 1.807) is 24.4 Å². The van der Waals surface area contributed by atoms with E-state index in [1.165, 1.54) is 0 Å². The molecule has 4 rings (SSSR count). The summed E-state index contributed by atoms with van der Waals surface area (Å²) >= 11 is 12.2. The Bertz CT molecular complexity index is 934. The van der Waals surface area contributed by atoms with Crippen molar-refractivity contribution in [3.63, 3.8) is 0 Å². The van der Waals surface area contributed by atoms with Crippen molar-refractivity contribution in [3.05, 3.63) is 64.3 Å². The van der Waals surface area contributed by atoms with Gasteiger partial charge in [0, 0.05) is 16.7 Å². The number of ether oxygens (including phenoxy) is 2. The maximum absolute atomic E-state index is 6.19. The molecule has 0 spiro atoms. The lowest BCUT2D eigenvalue weighted by Gasteiger charge is -2.01. The molecule has 4 nitrogen and oxygen atoms in total. The third kappa shape index (κ3) is 2.98. The van der Waals surface area contributed by atoms with Crippen molar-refractivity contribution in [2.24, 2.45) is 4.99 Å². The van der Waals surface area contributed by atoms with E-state index in [1.807, 2.05) is 30.3 Å². The summed E-state index contributed by atoms with van der Waals surface area (Å²) in [6, 6.07) is 14.4. The van der Waals surface area contributed by atoms with Crippen molar-refractivity contribution in [3.8, 4) is 22.8 Å². The molecule has 0 saturated heterocycles. The Balaban J connectivity index is 1.58. The van der Waals surface area contributed by atoms with Gasteiger partial charge in [-0.25, -0.2) is 0 Å². The minimum absolute atomic E-state index is 0.241. The SMILES string of the molecule is Clc1ccc(Cl)c(-c2ccc(C=Nc3ccc4c(c3)OCO4)o2)c1. The summed E-state index contributed by atoms with van der Waals surface area (Å²) in [4.78, 5) is 4.39. The van der Waals surface area contributed by atoms with E-state index in [9.17, 15) is 0 Å². The first-order valence-corrected chi connectivity index (χ1v) is 7.93. The van der Waals surface area contributed by atoms with Crippen molar-refractivity contribution in [1.82, 2.24) is 0 Å². The highest BCUT2D eigenvalue weighted by Crippen LogP contribution is 2.35. The summed E-state index contributed by atoms with van der Waals surface area (Å²) in [6.07, 6.45) is 1.64. The van der Waals surface area contributed by atoms with Gasteiger partial charge in [-0.05, 0) is 42.5 Å². The van der Waals surface area contributed by atoms with Crippen LogP contribution in [0, 0.1) is 0 Å². The molecule has 0 amide bonds. The Kier molecular flexibility index (Phi) is 3.92. The number of hydrogen-bond acceptors (Lipinski definition) is 4. The van der Waals surface area contributed by atoms with Crippen molar-refractivity contribution in [1.29, 1.82) is 0 Å². The first-order valence-electron chi connectivity index (χ1n) is 7.18. The van der Waals surface area contributed by atoms with Crippen LogP contribution in [-0.2, 0) is 0 Å². The number of benzene rings is 2. The second-order valence-electron chi connectivity index (χ2n) is 5.12. The van der Waals surface area contributed by atoms with Crippen LogP contribution in [-0.4, -0.2) is 13.0 Å². The zero-order chi connectivity index (χ0) is 16.5. The van der Waals surface area contributed by atoms with Gasteiger partial charge in [0.15, 0.2) is 11.5 Å². The van der Waals surface area contributed by atoms with Gasteiger partial charge in [0.05, 0.1) is 16.9 Å². The van der Waals surface area contributed by atoms with Crippen molar-refractivity contribution in [2.75, 3.05) is 6.79 Å². The summed E-state index contributed by atoms with van der Waals surface area (Å²) in [6.45, 7) is 0.241. The van der Waals surface area contributed by atoms with Crippen molar-refractivity contribution in [2.45, 2.75) is 0 Å². The molecule has 0 bridgehead atoms. The highest BCUT2D eigenvalue weighted by Gasteiger charge is 2.13. The number of furan rings is 1. The van der Waals surface area contributed by atoms with Gasteiger partial charge >= 0.3 is 0 Å². The van der Waals surface area contributed by atoms with Gasteiger partial charge in [-0.1, -0.05) is 23.2 Å². The van der Waals surface area contributed by atoms with E-state index >= 15 is 0 Å². The maximum Gasteiger partial charge on any atom is 0.231 e. The summed E-state index contributed by atoms with van der Waals surface area (Å²) in [5, 5.41) is 1.18. The number of hydrogen-bond donors (Lipinski definition) is 0. The Morgan fingerprint density at radius 2 is 1.79 bits per heavy atom. The van der Waals surface area contributed by atoms with Crippen LogP contribution in [0.3, 0.4) is 0 Å². The fourth-order valence-electron chi connectivity index (χ4n) is 2.36. The minimum atomic E-state index is 0.241. The number of fused-ring (bicyclic) bond motifs is 1. The molecule has 2 heterocycles. The van der Waals surface area contributed by atoms with Crippen LogP contribution in [0.4, 0.5) is 5.69 Å². The van der Waals surface area contributed by atoms with Gasteiger partial charge < -0.3 is 13.9 Å². The molecule has 1 aliphatic heterocycles. The largest absolute Gasteiger partial charge is 0.455 e. The van der Waals surface area contributed by atoms with E-state index in [0.717, 1.165) is 17.0 Å². The normalized spacial score (nSPS) is 12.9. The molecule has 1 aromatic heterocycles. The summed E-state index contributed by atoms with van der Waals surface area (Å²) < 4.78 is 16.4. The minimum Gasteiger partial charge on any atom is -0.455 e. The smallest absolute Gasteiger partial charge is 0.231 e. The number of halogens is 2. The maximum atomic E-state index is 6.19. The van der Waals surface area contributed by atoms with Crippen LogP contribution in [0.15, 0.2) is 57.9 Å². The van der Waals surface area contributed by atoms with E-state index in [2.05, 4.69) is 4.99 Å². The predicted molar refractivity (Wildman–Crippen MR) is 94.0 cm³/mol. The van der Waals surface area contributed by atoms with E-state index in [-0.39, 0.29) is 6.79 Å². The van der Waals surface area contributed by atoms with Gasteiger partial charge in [-0.15, -0.1) is 0 Å². The molecule has 6 heteroatoms. The van der Waals surface area contributed by atoms with Gasteiger partial charge in [0.1, 0.15) is 11.5 Å². The molecule has 0 unspecified atom stereocenters. The molecule has 0 N–H and O–H groups in total. The molecular weight excluding hydrogens is 349 g/mol. The van der Waals surface area contributed by atoms with Crippen LogP contribution in [0.2, 0.25) is 10.0 Å². The van der Waals surface area contributed by atoms with E-state index in [0.29, 0.717) is 27.3 Å². The summed E-state index contributed by atoms with van der Waals surface area (Å²) in [5.74, 6) is 2.66. The fourth-order valence-corrected chi connectivity index (χ4v) is 2.74. The fraction of sp³-hybridized carbons (Fsp3) is 0.0556. The third-order valence-electron chi connectivity index (χ3n) is 3.52. The van der Waals surface area contributed by atoms with Crippen LogP contribution in [0.5, 0.6) is 11.5 Å². The number of nitrogens with zero attached hydrogens (tertiary/aromatic N) is 1. The zero-order valence-corrected chi connectivity index (χ0v) is 13.8. The topological polar surface area (TPSA) is 44.0 Å². The average molecular weight is 360 g/mol. The van der Waals surface area contributed by atoms with Crippen LogP contribution in [0.1, 0.15) is 5.76 Å². The van der Waals surface area contributed by atoms with Gasteiger partial charge in [-0.3, -0.25) is 4.99 Å². The predicted octanol–water partition coefficient (Wildman–Crippen LogP) is 5.73. The lowest BCUT2D eigenvalue weighted by Crippen LogP contribution is -1.92. The molecule has 24 heavy (non-hydrogen) atoms. The Morgan fingerprint density at radius 1 is 0.917 bits per heavy atom. The average Bonchev–Trinajstić information content (AvgIpc) is 3.23. The molecule has 1 aliphatic rings. The first kappa shape index (κ1) is 15.1. The van der Waals surface area contributed by atoms with Crippen LogP contribution < -0.4 is 9.47 Å². The van der Waals surface area contributed by atoms with E-state index in [4.69, 9.17) is 37.1 Å². The van der Waals surface area contributed by atoms with Gasteiger partial charge in [-0.2, -0.15) is 0 Å². The monoisotopic (exact) mass is 359 g/mol. The second-order valence-corrected chi connectivity index (χ2v) is 5.97. The van der Waals surface area contributed by atoms with E-state index < -0.39 is 0 Å². The standard InChI is InChI=1S/C18H11Cl2NO3/c19-11-1-4-15(20)14(7-11)16-6-3-13(24-16)9-21-12-2-5-17-18(8-12)23-10-22-17/h1-9H,10H2. The molecule has 0 atom stereocenters. The quantitative estimate of drug-likeness (QED) is 0.560. The van der Waals surface area contributed by atoms with Crippen molar-refractivity contribution < 1.29 is 13.9 Å². The highest BCUT2D eigenvalue weighted by molar-refractivity contribution is 6.35. The number of aliphatic imine (C=N–C) groups is 1. The Hall–Kier alpha value is -2.43. The lowest BCUT2D eigenvalue weighted by atomic mass is 10.2. The molecule has 0 aliphatic carbocycles. The lowest BCUT2D eigenvalue weighted by molar-refractivity contribution is 0.174. The Labute approximate surface area is 148 Å². The molecular formula is C18H11Cl2NO3. The zero-order valence-electron chi connectivity index (χ0n) is 12.3. The van der Waals surface area contributed by atoms with Crippen molar-refractivity contribution >= 4 is 35.1 Å². The highest BCUT2D eigenvalue weighted by atomic mass is 35.5. The van der Waals surface area contributed by atoms with Gasteiger partial charge in [0.25, 0.3) is 0 Å². The molecule has 0 fully saturated rings. The summed E-state index contributed by atoms with van der Waals surface area (Å²) in [7, 11) is 0. The van der Waals surface area contributed by atoms with Crippen LogP contribution >= 0.6 is 23.2 Å². The first-order chi connectivity index (χ1) is 11.7. The molecule has 2 aromatic carbocycles. The Morgan fingerprint density at radius 3 is 2.71 bits per heavy atom.